The third-order valence-corrected chi connectivity index (χ3v) is 4.82. The Labute approximate surface area is 137 Å². The third-order valence-electron chi connectivity index (χ3n) is 2.46. The van der Waals surface area contributed by atoms with E-state index in [9.17, 15) is 13.2 Å². The Morgan fingerprint density at radius 1 is 1.38 bits per heavy atom. The number of aromatic amines is 1. The Bertz CT molecular complexity index is 775. The summed E-state index contributed by atoms with van der Waals surface area (Å²) in [5, 5.41) is -0.117. The molecule has 0 radical (unpaired) electrons. The van der Waals surface area contributed by atoms with Crippen molar-refractivity contribution in [2.24, 2.45) is 0 Å². The van der Waals surface area contributed by atoms with Gasteiger partial charge in [0, 0.05) is 8.95 Å². The maximum Gasteiger partial charge on any atom is 0.340 e. The molecular formula is C11H9Br2N3O4S. The number of nitrogens with zero attached hydrogens (tertiary/aromatic N) is 1. The first-order valence-corrected chi connectivity index (χ1v) is 8.50. The number of esters is 1. The first kappa shape index (κ1) is 16.0. The molecule has 1 heterocycles. The number of benzene rings is 1. The molecule has 0 aliphatic heterocycles. The summed E-state index contributed by atoms with van der Waals surface area (Å²) < 4.78 is 32.4. The number of H-pyrrole nitrogens is 1. The van der Waals surface area contributed by atoms with Gasteiger partial charge in [0.15, 0.2) is 5.03 Å². The number of rotatable bonds is 4. The first-order valence-electron chi connectivity index (χ1n) is 5.43. The van der Waals surface area contributed by atoms with Crippen molar-refractivity contribution in [3.63, 3.8) is 0 Å². The molecular weight excluding hydrogens is 430 g/mol. The van der Waals surface area contributed by atoms with Crippen LogP contribution in [0.3, 0.4) is 0 Å². The fraction of sp³-hybridized carbons (Fsp3) is 0.0909. The lowest BCUT2D eigenvalue weighted by atomic mass is 10.2. The molecule has 0 saturated carbocycles. The summed E-state index contributed by atoms with van der Waals surface area (Å²) >= 11 is 6.45. The van der Waals surface area contributed by atoms with Crippen LogP contribution in [0, 0.1) is 0 Å². The minimum atomic E-state index is -3.89. The molecule has 0 aliphatic carbocycles. The van der Waals surface area contributed by atoms with E-state index in [1.54, 1.807) is 6.07 Å². The minimum absolute atomic E-state index is 0.0711. The highest BCUT2D eigenvalue weighted by Crippen LogP contribution is 2.32. The Balaban J connectivity index is 2.52. The summed E-state index contributed by atoms with van der Waals surface area (Å²) in [6.45, 7) is 0. The Morgan fingerprint density at radius 3 is 2.67 bits per heavy atom. The Hall–Kier alpha value is -1.39. The van der Waals surface area contributed by atoms with Gasteiger partial charge in [0.1, 0.15) is 0 Å². The van der Waals surface area contributed by atoms with Crippen molar-refractivity contribution in [1.29, 1.82) is 0 Å². The molecule has 0 atom stereocenters. The fourth-order valence-electron chi connectivity index (χ4n) is 1.53. The molecule has 0 bridgehead atoms. The van der Waals surface area contributed by atoms with Crippen LogP contribution in [0.4, 0.5) is 5.69 Å². The molecule has 0 aliphatic rings. The molecule has 2 N–H and O–H groups in total. The van der Waals surface area contributed by atoms with E-state index in [4.69, 9.17) is 0 Å². The fourth-order valence-corrected chi connectivity index (χ4v) is 3.99. The van der Waals surface area contributed by atoms with Crippen LogP contribution in [0.5, 0.6) is 0 Å². The molecule has 2 rings (SSSR count). The number of carbonyl (C=O) groups is 1. The maximum atomic E-state index is 12.2. The van der Waals surface area contributed by atoms with Crippen molar-refractivity contribution >= 4 is 53.5 Å². The number of methoxy groups -OCH3 is 1. The molecule has 0 unspecified atom stereocenters. The molecule has 0 saturated heterocycles. The maximum absolute atomic E-state index is 12.2. The van der Waals surface area contributed by atoms with E-state index in [1.165, 1.54) is 19.5 Å². The van der Waals surface area contributed by atoms with Crippen molar-refractivity contribution in [2.45, 2.75) is 5.03 Å². The van der Waals surface area contributed by atoms with Crippen molar-refractivity contribution in [2.75, 3.05) is 11.8 Å². The second-order valence-electron chi connectivity index (χ2n) is 3.82. The lowest BCUT2D eigenvalue weighted by molar-refractivity contribution is 0.0602. The molecule has 10 heteroatoms. The number of ether oxygens (including phenoxy) is 1. The molecule has 2 aromatic rings. The number of hydrogen-bond acceptors (Lipinski definition) is 5. The van der Waals surface area contributed by atoms with Crippen LogP contribution in [0.15, 0.2) is 38.6 Å². The zero-order valence-electron chi connectivity index (χ0n) is 10.6. The third kappa shape index (κ3) is 3.44. The molecule has 1 aromatic heterocycles. The van der Waals surface area contributed by atoms with Gasteiger partial charge < -0.3 is 9.72 Å². The smallest absolute Gasteiger partial charge is 0.340 e. The average Bonchev–Trinajstić information content (AvgIpc) is 2.95. The molecule has 0 spiro atoms. The zero-order chi connectivity index (χ0) is 15.6. The number of anilines is 1. The number of hydrogen-bond donors (Lipinski definition) is 2. The SMILES string of the molecule is COC(=O)c1cc(Br)cc(Br)c1NS(=O)(=O)c1cnc[nH]1. The van der Waals surface area contributed by atoms with E-state index >= 15 is 0 Å². The number of imidazole rings is 1. The van der Waals surface area contributed by atoms with E-state index < -0.39 is 16.0 Å². The summed E-state index contributed by atoms with van der Waals surface area (Å²) in [5.74, 6) is -0.667. The molecule has 1 aromatic carbocycles. The van der Waals surface area contributed by atoms with Gasteiger partial charge in [-0.2, -0.15) is 8.42 Å². The predicted molar refractivity (Wildman–Crippen MR) is 82.6 cm³/mol. The van der Waals surface area contributed by atoms with Crippen molar-refractivity contribution in [1.82, 2.24) is 9.97 Å². The molecule has 21 heavy (non-hydrogen) atoms. The van der Waals surface area contributed by atoms with E-state index in [1.807, 2.05) is 0 Å². The minimum Gasteiger partial charge on any atom is -0.465 e. The van der Waals surface area contributed by atoms with Crippen LogP contribution in [-0.4, -0.2) is 31.5 Å². The van der Waals surface area contributed by atoms with Gasteiger partial charge >= 0.3 is 5.97 Å². The van der Waals surface area contributed by atoms with Crippen molar-refractivity contribution in [3.05, 3.63) is 39.2 Å². The monoisotopic (exact) mass is 437 g/mol. The lowest BCUT2D eigenvalue weighted by Gasteiger charge is -2.13. The Kier molecular flexibility index (Phi) is 4.69. The zero-order valence-corrected chi connectivity index (χ0v) is 14.5. The quantitative estimate of drug-likeness (QED) is 0.714. The second-order valence-corrected chi connectivity index (χ2v) is 7.24. The first-order chi connectivity index (χ1) is 9.85. The molecule has 112 valence electrons. The van der Waals surface area contributed by atoms with Crippen LogP contribution >= 0.6 is 31.9 Å². The van der Waals surface area contributed by atoms with Crippen molar-refractivity contribution < 1.29 is 17.9 Å². The van der Waals surface area contributed by atoms with Gasteiger partial charge in [-0.3, -0.25) is 4.72 Å². The van der Waals surface area contributed by atoms with Crippen LogP contribution in [0.25, 0.3) is 0 Å². The summed E-state index contributed by atoms with van der Waals surface area (Å²) in [5.41, 5.74) is 0.154. The van der Waals surface area contributed by atoms with Gasteiger partial charge in [-0.15, -0.1) is 0 Å². The van der Waals surface area contributed by atoms with Gasteiger partial charge in [0.2, 0.25) is 0 Å². The number of nitrogens with one attached hydrogen (secondary N) is 2. The molecule has 0 fully saturated rings. The summed E-state index contributed by atoms with van der Waals surface area (Å²) in [4.78, 5) is 17.9. The van der Waals surface area contributed by atoms with Crippen molar-refractivity contribution in [3.8, 4) is 0 Å². The standard InChI is InChI=1S/C11H9Br2N3O4S/c1-20-11(17)7-2-6(12)3-8(13)10(7)16-21(18,19)9-4-14-5-15-9/h2-5,16H,1H3,(H,14,15). The van der Waals surface area contributed by atoms with Crippen LogP contribution in [-0.2, 0) is 14.8 Å². The number of carbonyl (C=O) groups excluding carboxylic acids is 1. The van der Waals surface area contributed by atoms with Crippen LogP contribution < -0.4 is 4.72 Å². The van der Waals surface area contributed by atoms with Gasteiger partial charge in [0.05, 0.1) is 30.9 Å². The topological polar surface area (TPSA) is 101 Å². The largest absolute Gasteiger partial charge is 0.465 e. The Morgan fingerprint density at radius 2 is 2.10 bits per heavy atom. The van der Waals surface area contributed by atoms with Crippen LogP contribution in [0.1, 0.15) is 10.4 Å². The molecule has 7 nitrogen and oxygen atoms in total. The number of halogens is 2. The number of aromatic nitrogens is 2. The highest BCUT2D eigenvalue weighted by atomic mass is 79.9. The van der Waals surface area contributed by atoms with Gasteiger partial charge in [-0.25, -0.2) is 9.78 Å². The highest BCUT2D eigenvalue weighted by Gasteiger charge is 2.23. The molecule has 0 amide bonds. The van der Waals surface area contributed by atoms with Crippen LogP contribution in [0.2, 0.25) is 0 Å². The average molecular weight is 439 g/mol. The van der Waals surface area contributed by atoms with E-state index in [-0.39, 0.29) is 16.3 Å². The van der Waals surface area contributed by atoms with E-state index in [0.717, 1.165) is 6.20 Å². The summed E-state index contributed by atoms with van der Waals surface area (Å²) in [6, 6.07) is 3.07. The highest BCUT2D eigenvalue weighted by molar-refractivity contribution is 9.11. The van der Waals surface area contributed by atoms with Gasteiger partial charge in [-0.1, -0.05) is 15.9 Å². The van der Waals surface area contributed by atoms with Gasteiger partial charge in [-0.05, 0) is 28.1 Å². The summed E-state index contributed by atoms with van der Waals surface area (Å²) in [6.07, 6.45) is 2.40. The summed E-state index contributed by atoms with van der Waals surface area (Å²) in [7, 11) is -2.68. The normalized spacial score (nSPS) is 11.2. The van der Waals surface area contributed by atoms with E-state index in [2.05, 4.69) is 51.3 Å². The van der Waals surface area contributed by atoms with Gasteiger partial charge in [0.25, 0.3) is 10.0 Å². The second kappa shape index (κ2) is 6.16. The lowest BCUT2D eigenvalue weighted by Crippen LogP contribution is -2.17. The predicted octanol–water partition coefficient (Wildman–Crippen LogP) is 2.52. The van der Waals surface area contributed by atoms with E-state index in [0.29, 0.717) is 8.95 Å². The number of sulfonamides is 1.